The van der Waals surface area contributed by atoms with Crippen LogP contribution in [0, 0.1) is 5.82 Å². The van der Waals surface area contributed by atoms with E-state index in [1.54, 1.807) is 31.4 Å². The molecule has 0 aliphatic rings. The van der Waals surface area contributed by atoms with E-state index >= 15 is 0 Å². The second-order valence-corrected chi connectivity index (χ2v) is 4.33. The summed E-state index contributed by atoms with van der Waals surface area (Å²) in [4.78, 5) is 0. The van der Waals surface area contributed by atoms with Gasteiger partial charge in [-0.2, -0.15) is 0 Å². The van der Waals surface area contributed by atoms with Crippen molar-refractivity contribution < 1.29 is 23.4 Å². The highest BCUT2D eigenvalue weighted by Crippen LogP contribution is 2.24. The number of rotatable bonds is 3. The molecule has 0 spiro atoms. The van der Waals surface area contributed by atoms with Crippen LogP contribution < -0.4 is 14.5 Å². The standard InChI is InChI=1S/C15H11FN2O3/c1-20-13-8-6-12(7-9-13)18-14(15(19)21-17-18)10-2-4-11(16)5-3-10/h2-9H,1H3. The van der Waals surface area contributed by atoms with Crippen LogP contribution in [0.15, 0.2) is 53.1 Å². The summed E-state index contributed by atoms with van der Waals surface area (Å²) in [7, 11) is 1.57. The van der Waals surface area contributed by atoms with E-state index in [2.05, 4.69) is 5.27 Å². The van der Waals surface area contributed by atoms with Gasteiger partial charge in [0.2, 0.25) is 5.69 Å². The number of nitrogens with zero attached hydrogens (tertiary/aromatic N) is 2. The summed E-state index contributed by atoms with van der Waals surface area (Å²) < 4.78 is 24.2. The fourth-order valence-corrected chi connectivity index (χ4v) is 2.00. The molecule has 0 aliphatic heterocycles. The average Bonchev–Trinajstić information content (AvgIpc) is 2.90. The van der Waals surface area contributed by atoms with Gasteiger partial charge in [-0.25, -0.2) is 4.39 Å². The Morgan fingerprint density at radius 2 is 1.76 bits per heavy atom. The monoisotopic (exact) mass is 286 g/mol. The van der Waals surface area contributed by atoms with E-state index in [9.17, 15) is 9.50 Å². The molecule has 0 N–H and O–H groups in total. The van der Waals surface area contributed by atoms with Crippen molar-refractivity contribution in [3.8, 4) is 28.6 Å². The van der Waals surface area contributed by atoms with Crippen molar-refractivity contribution in [1.82, 2.24) is 5.27 Å². The zero-order valence-corrected chi connectivity index (χ0v) is 11.1. The summed E-state index contributed by atoms with van der Waals surface area (Å²) in [6.45, 7) is 0. The van der Waals surface area contributed by atoms with Gasteiger partial charge in [0.05, 0.1) is 17.9 Å². The molecule has 106 valence electrons. The quantitative estimate of drug-likeness (QED) is 0.689. The topological polar surface area (TPSA) is 62.2 Å². The summed E-state index contributed by atoms with van der Waals surface area (Å²) in [5, 5.41) is 15.6. The molecule has 0 fully saturated rings. The molecule has 0 saturated heterocycles. The van der Waals surface area contributed by atoms with Crippen molar-refractivity contribution in [2.45, 2.75) is 0 Å². The summed E-state index contributed by atoms with van der Waals surface area (Å²) >= 11 is 0. The lowest BCUT2D eigenvalue weighted by Gasteiger charge is -2.00. The number of aromatic nitrogens is 2. The van der Waals surface area contributed by atoms with Crippen LogP contribution in [0.5, 0.6) is 11.7 Å². The van der Waals surface area contributed by atoms with Crippen LogP contribution in [-0.2, 0) is 0 Å². The first-order chi connectivity index (χ1) is 10.2. The van der Waals surface area contributed by atoms with E-state index in [-0.39, 0.29) is 11.5 Å². The molecular formula is C15H11FN2O3. The molecule has 0 amide bonds. The fourth-order valence-electron chi connectivity index (χ4n) is 2.00. The van der Waals surface area contributed by atoms with E-state index in [1.807, 2.05) is 0 Å². The minimum Gasteiger partial charge on any atom is -0.539 e. The number of hydrogen-bond donors (Lipinski definition) is 0. The highest BCUT2D eigenvalue weighted by molar-refractivity contribution is 5.60. The molecule has 0 radical (unpaired) electrons. The van der Waals surface area contributed by atoms with Gasteiger partial charge in [-0.05, 0) is 41.1 Å². The summed E-state index contributed by atoms with van der Waals surface area (Å²) in [5.74, 6) is -0.274. The van der Waals surface area contributed by atoms with Crippen LogP contribution >= 0.6 is 0 Å². The second-order valence-electron chi connectivity index (χ2n) is 4.33. The maximum Gasteiger partial charge on any atom is 0.270 e. The van der Waals surface area contributed by atoms with Crippen molar-refractivity contribution in [1.29, 1.82) is 0 Å². The molecule has 1 heterocycles. The van der Waals surface area contributed by atoms with Crippen molar-refractivity contribution in [3.63, 3.8) is 0 Å². The molecule has 2 aromatic carbocycles. The highest BCUT2D eigenvalue weighted by Gasteiger charge is 2.22. The zero-order chi connectivity index (χ0) is 14.8. The molecule has 0 saturated carbocycles. The van der Waals surface area contributed by atoms with Gasteiger partial charge < -0.3 is 14.4 Å². The lowest BCUT2D eigenvalue weighted by molar-refractivity contribution is -0.660. The lowest BCUT2D eigenvalue weighted by Crippen LogP contribution is -2.34. The van der Waals surface area contributed by atoms with Crippen molar-refractivity contribution >= 4 is 0 Å². The molecule has 1 aromatic heterocycles. The van der Waals surface area contributed by atoms with Crippen molar-refractivity contribution in [2.24, 2.45) is 0 Å². The van der Waals surface area contributed by atoms with Gasteiger partial charge in [-0.15, -0.1) is 0 Å². The Hall–Kier alpha value is -2.89. The fraction of sp³-hybridized carbons (Fsp3) is 0.0667. The second kappa shape index (κ2) is 5.24. The van der Waals surface area contributed by atoms with Gasteiger partial charge >= 0.3 is 0 Å². The molecule has 6 heteroatoms. The van der Waals surface area contributed by atoms with Gasteiger partial charge in [0.1, 0.15) is 11.6 Å². The van der Waals surface area contributed by atoms with Crippen LogP contribution in [-0.4, -0.2) is 12.4 Å². The van der Waals surface area contributed by atoms with Gasteiger partial charge in [0.15, 0.2) is 5.95 Å². The zero-order valence-electron chi connectivity index (χ0n) is 11.1. The van der Waals surface area contributed by atoms with Crippen LogP contribution in [0.1, 0.15) is 0 Å². The number of benzene rings is 2. The molecule has 5 nitrogen and oxygen atoms in total. The van der Waals surface area contributed by atoms with Crippen molar-refractivity contribution in [3.05, 3.63) is 54.3 Å². The summed E-state index contributed by atoms with van der Waals surface area (Å²) in [6.07, 6.45) is 0. The maximum atomic E-state index is 13.0. The predicted octanol–water partition coefficient (Wildman–Crippen LogP) is 1.84. The van der Waals surface area contributed by atoms with Crippen LogP contribution in [0.4, 0.5) is 4.39 Å². The Bertz CT molecular complexity index is 752. The highest BCUT2D eigenvalue weighted by atomic mass is 19.1. The summed E-state index contributed by atoms with van der Waals surface area (Å²) in [5.41, 5.74) is 1.40. The number of hydrogen-bond acceptors (Lipinski definition) is 4. The van der Waals surface area contributed by atoms with Gasteiger partial charge in [-0.1, -0.05) is 0 Å². The third-order valence-electron chi connectivity index (χ3n) is 3.05. The third-order valence-corrected chi connectivity index (χ3v) is 3.05. The molecule has 0 unspecified atom stereocenters. The minimum atomic E-state index is -0.586. The molecular weight excluding hydrogens is 275 g/mol. The third kappa shape index (κ3) is 2.43. The first-order valence-electron chi connectivity index (χ1n) is 6.18. The lowest BCUT2D eigenvalue weighted by atomic mass is 10.1. The first-order valence-corrected chi connectivity index (χ1v) is 6.18. The molecule has 3 rings (SSSR count). The van der Waals surface area contributed by atoms with Crippen LogP contribution in [0.3, 0.4) is 0 Å². The Morgan fingerprint density at radius 3 is 2.38 bits per heavy atom. The summed E-state index contributed by atoms with van der Waals surface area (Å²) in [6, 6.07) is 12.5. The van der Waals surface area contributed by atoms with Gasteiger partial charge in [0.25, 0.3) is 5.69 Å². The molecule has 21 heavy (non-hydrogen) atoms. The van der Waals surface area contributed by atoms with E-state index in [0.717, 1.165) is 0 Å². The number of halogens is 1. The normalized spacial score (nSPS) is 10.6. The predicted molar refractivity (Wildman–Crippen MR) is 69.4 cm³/mol. The largest absolute Gasteiger partial charge is 0.539 e. The number of ether oxygens (including phenoxy) is 1. The smallest absolute Gasteiger partial charge is 0.270 e. The van der Waals surface area contributed by atoms with Crippen LogP contribution in [0.2, 0.25) is 0 Å². The molecule has 0 aliphatic carbocycles. The SMILES string of the molecule is COc1ccc(-[n+]2noc([O-])c2-c2ccc(F)cc2)cc1. The van der Waals surface area contributed by atoms with Gasteiger partial charge in [-0.3, -0.25) is 0 Å². The number of methoxy groups -OCH3 is 1. The molecule has 0 bridgehead atoms. The van der Waals surface area contributed by atoms with E-state index in [0.29, 0.717) is 17.0 Å². The van der Waals surface area contributed by atoms with Crippen LogP contribution in [0.25, 0.3) is 16.9 Å². The minimum absolute atomic E-state index is 0.236. The molecule has 3 aromatic rings. The van der Waals surface area contributed by atoms with Gasteiger partial charge in [0, 0.05) is 12.1 Å². The Kier molecular flexibility index (Phi) is 3.27. The van der Waals surface area contributed by atoms with Crippen molar-refractivity contribution in [2.75, 3.05) is 7.11 Å². The van der Waals surface area contributed by atoms with E-state index < -0.39 is 5.95 Å². The first kappa shape index (κ1) is 13.1. The Labute approximate surface area is 119 Å². The average molecular weight is 286 g/mol. The van der Waals surface area contributed by atoms with E-state index in [1.165, 1.54) is 28.9 Å². The molecule has 0 atom stereocenters. The maximum absolute atomic E-state index is 13.0. The Balaban J connectivity index is 2.09. The van der Waals surface area contributed by atoms with E-state index in [4.69, 9.17) is 9.26 Å². The Morgan fingerprint density at radius 1 is 1.10 bits per heavy atom.